The van der Waals surface area contributed by atoms with Crippen LogP contribution in [0.4, 0.5) is 0 Å². The van der Waals surface area contributed by atoms with Crippen LogP contribution in [0.5, 0.6) is 0 Å². The second-order valence-electron chi connectivity index (χ2n) is 8.29. The Bertz CT molecular complexity index is 993. The molecule has 1 aromatic carbocycles. The van der Waals surface area contributed by atoms with E-state index in [-0.39, 0.29) is 0 Å². The van der Waals surface area contributed by atoms with Gasteiger partial charge in [-0.1, -0.05) is 30.3 Å². The van der Waals surface area contributed by atoms with E-state index in [9.17, 15) is 5.26 Å². The van der Waals surface area contributed by atoms with E-state index in [1.807, 2.05) is 6.21 Å². The van der Waals surface area contributed by atoms with E-state index in [0.717, 1.165) is 81.2 Å². The summed E-state index contributed by atoms with van der Waals surface area (Å²) in [5.41, 5.74) is 4.45. The van der Waals surface area contributed by atoms with E-state index < -0.39 is 5.54 Å². The lowest BCUT2D eigenvalue weighted by Gasteiger charge is -2.41. The molecular weight excluding hydrogens is 374 g/mol. The number of hydrogen-bond donors (Lipinski definition) is 1. The van der Waals surface area contributed by atoms with Gasteiger partial charge in [-0.2, -0.15) is 5.26 Å². The molecule has 1 fully saturated rings. The monoisotopic (exact) mass is 401 g/mol. The highest BCUT2D eigenvalue weighted by atomic mass is 16.5. The van der Waals surface area contributed by atoms with E-state index in [1.165, 1.54) is 11.1 Å². The van der Waals surface area contributed by atoms with Crippen LogP contribution in [0.2, 0.25) is 0 Å². The van der Waals surface area contributed by atoms with Crippen molar-refractivity contribution in [3.05, 3.63) is 58.4 Å². The summed E-state index contributed by atoms with van der Waals surface area (Å²) in [6.07, 6.45) is 8.95. The van der Waals surface area contributed by atoms with Crippen LogP contribution in [-0.4, -0.2) is 49.8 Å². The lowest BCUT2D eigenvalue weighted by molar-refractivity contribution is 0.0416. The fraction of sp³-hybridized carbons (Fsp3) is 0.458. The highest BCUT2D eigenvalue weighted by molar-refractivity contribution is 6.02. The summed E-state index contributed by atoms with van der Waals surface area (Å²) < 4.78 is 5.52. The van der Waals surface area contributed by atoms with Crippen molar-refractivity contribution in [2.24, 2.45) is 9.98 Å². The standard InChI is InChI=1S/C24H27N5O/c25-16-20-22(17-29-12-14-30-15-13-29)27-23(21-9-3-4-11-26-21)28-24(20)10-5-7-18-6-1-2-8-19(18)24/h1-2,6,8-9,11H,3-5,7,10,12-15,17H2,(H,27,28). The van der Waals surface area contributed by atoms with Gasteiger partial charge in [0.2, 0.25) is 0 Å². The van der Waals surface area contributed by atoms with Crippen molar-refractivity contribution in [3.63, 3.8) is 0 Å². The third-order valence-corrected chi connectivity index (χ3v) is 6.44. The van der Waals surface area contributed by atoms with Gasteiger partial charge in [-0.05, 0) is 43.2 Å². The smallest absolute Gasteiger partial charge is 0.152 e. The number of hydrogen-bond acceptors (Lipinski definition) is 6. The van der Waals surface area contributed by atoms with Crippen LogP contribution in [0, 0.1) is 11.3 Å². The van der Waals surface area contributed by atoms with Crippen LogP contribution in [0.3, 0.4) is 0 Å². The van der Waals surface area contributed by atoms with Crippen molar-refractivity contribution in [3.8, 4) is 6.07 Å². The summed E-state index contributed by atoms with van der Waals surface area (Å²) >= 11 is 0. The highest BCUT2D eigenvalue weighted by Crippen LogP contribution is 2.46. The van der Waals surface area contributed by atoms with Gasteiger partial charge < -0.3 is 10.1 Å². The summed E-state index contributed by atoms with van der Waals surface area (Å²) in [6, 6.07) is 11.1. The predicted octanol–water partition coefficient (Wildman–Crippen LogP) is 3.08. The Morgan fingerprint density at radius 1 is 1.20 bits per heavy atom. The van der Waals surface area contributed by atoms with E-state index >= 15 is 0 Å². The summed E-state index contributed by atoms with van der Waals surface area (Å²) in [5, 5.41) is 13.8. The van der Waals surface area contributed by atoms with Crippen LogP contribution >= 0.6 is 0 Å². The second kappa shape index (κ2) is 8.17. The number of aryl methyl sites for hydroxylation is 1. The Balaban J connectivity index is 1.64. The van der Waals surface area contributed by atoms with Gasteiger partial charge >= 0.3 is 0 Å². The molecule has 3 aliphatic heterocycles. The summed E-state index contributed by atoms with van der Waals surface area (Å²) in [7, 11) is 0. The molecule has 4 aliphatic rings. The van der Waals surface area contributed by atoms with Gasteiger partial charge in [0.15, 0.2) is 5.84 Å². The van der Waals surface area contributed by atoms with Crippen molar-refractivity contribution in [1.82, 2.24) is 10.2 Å². The molecule has 1 N–H and O–H groups in total. The SMILES string of the molecule is N#CC1=C(CN2CCOCC2)NC(C2=CCCC=N2)=NC12CCCc1ccccc12. The number of nitrogens with zero attached hydrogens (tertiary/aromatic N) is 4. The van der Waals surface area contributed by atoms with Crippen LogP contribution in [-0.2, 0) is 16.7 Å². The largest absolute Gasteiger partial charge is 0.379 e. The molecule has 30 heavy (non-hydrogen) atoms. The highest BCUT2D eigenvalue weighted by Gasteiger charge is 2.45. The third-order valence-electron chi connectivity index (χ3n) is 6.44. The second-order valence-corrected chi connectivity index (χ2v) is 8.29. The Kier molecular flexibility index (Phi) is 5.24. The van der Waals surface area contributed by atoms with E-state index in [2.05, 4.69) is 51.6 Å². The van der Waals surface area contributed by atoms with Crippen LogP contribution < -0.4 is 5.32 Å². The molecule has 1 spiro atoms. The van der Waals surface area contributed by atoms with Crippen molar-refractivity contribution < 1.29 is 4.74 Å². The number of allylic oxidation sites excluding steroid dienone is 1. The van der Waals surface area contributed by atoms with Crippen molar-refractivity contribution in [2.75, 3.05) is 32.8 Å². The van der Waals surface area contributed by atoms with Crippen molar-refractivity contribution in [2.45, 2.75) is 37.6 Å². The average molecular weight is 402 g/mol. The van der Waals surface area contributed by atoms with Gasteiger partial charge in [-0.25, -0.2) is 4.99 Å². The lowest BCUT2D eigenvalue weighted by atomic mass is 9.71. The number of benzene rings is 1. The molecule has 154 valence electrons. The molecule has 0 aromatic heterocycles. The predicted molar refractivity (Wildman–Crippen MR) is 117 cm³/mol. The van der Waals surface area contributed by atoms with E-state index in [0.29, 0.717) is 6.54 Å². The quantitative estimate of drug-likeness (QED) is 0.845. The molecule has 1 aromatic rings. The number of nitrogens with one attached hydrogen (secondary N) is 1. The van der Waals surface area contributed by atoms with Gasteiger partial charge in [0.05, 0.1) is 24.9 Å². The summed E-state index contributed by atoms with van der Waals surface area (Å²) in [5.74, 6) is 0.796. The molecule has 5 rings (SSSR count). The van der Waals surface area contributed by atoms with Crippen LogP contribution in [0.25, 0.3) is 0 Å². The number of nitriles is 1. The minimum absolute atomic E-state index is 0.625. The molecule has 1 aliphatic carbocycles. The molecule has 0 saturated carbocycles. The molecule has 3 heterocycles. The Morgan fingerprint density at radius 3 is 2.87 bits per heavy atom. The summed E-state index contributed by atoms with van der Waals surface area (Å²) in [6.45, 7) is 3.92. The van der Waals surface area contributed by atoms with Gasteiger partial charge in [-0.15, -0.1) is 0 Å². The molecule has 6 heteroatoms. The number of ether oxygens (including phenoxy) is 1. The maximum absolute atomic E-state index is 10.3. The Hall–Kier alpha value is -2.75. The third kappa shape index (κ3) is 3.38. The topological polar surface area (TPSA) is 73.0 Å². The maximum atomic E-state index is 10.3. The number of fused-ring (bicyclic) bond motifs is 2. The van der Waals surface area contributed by atoms with E-state index in [4.69, 9.17) is 9.73 Å². The van der Waals surface area contributed by atoms with E-state index in [1.54, 1.807) is 0 Å². The van der Waals surface area contributed by atoms with Gasteiger partial charge in [0, 0.05) is 31.5 Å². The van der Waals surface area contributed by atoms with Crippen LogP contribution in [0.15, 0.2) is 57.3 Å². The molecule has 0 bridgehead atoms. The minimum atomic E-state index is -0.625. The van der Waals surface area contributed by atoms with Crippen LogP contribution in [0.1, 0.15) is 36.8 Å². The molecule has 1 atom stereocenters. The number of aliphatic imine (C=N–C) groups is 2. The first-order valence-corrected chi connectivity index (χ1v) is 10.9. The normalized spacial score (nSPS) is 26.5. The zero-order valence-corrected chi connectivity index (χ0v) is 17.2. The number of morpholine rings is 1. The summed E-state index contributed by atoms with van der Waals surface area (Å²) in [4.78, 5) is 12.2. The fourth-order valence-electron chi connectivity index (χ4n) is 4.97. The van der Waals surface area contributed by atoms with Gasteiger partial charge in [0.1, 0.15) is 11.2 Å². The Labute approximate surface area is 177 Å². The fourth-order valence-corrected chi connectivity index (χ4v) is 4.97. The first kappa shape index (κ1) is 19.2. The molecule has 1 saturated heterocycles. The van der Waals surface area contributed by atoms with Crippen molar-refractivity contribution >= 4 is 12.1 Å². The first-order chi connectivity index (χ1) is 14.8. The molecular formula is C24H27N5O. The number of amidine groups is 1. The number of rotatable bonds is 3. The van der Waals surface area contributed by atoms with Gasteiger partial charge in [0.25, 0.3) is 0 Å². The molecule has 0 amide bonds. The lowest BCUT2D eigenvalue weighted by Crippen LogP contribution is -2.46. The zero-order chi connectivity index (χ0) is 20.4. The first-order valence-electron chi connectivity index (χ1n) is 10.9. The average Bonchev–Trinajstić information content (AvgIpc) is 2.81. The maximum Gasteiger partial charge on any atom is 0.152 e. The van der Waals surface area contributed by atoms with Crippen molar-refractivity contribution in [1.29, 1.82) is 5.26 Å². The van der Waals surface area contributed by atoms with Gasteiger partial charge in [-0.3, -0.25) is 9.89 Å². The molecule has 0 radical (unpaired) electrons. The molecule has 6 nitrogen and oxygen atoms in total. The Morgan fingerprint density at radius 2 is 2.07 bits per heavy atom. The minimum Gasteiger partial charge on any atom is -0.379 e. The molecule has 1 unspecified atom stereocenters. The zero-order valence-electron chi connectivity index (χ0n) is 17.2.